The maximum atomic E-state index is 11.4. The summed E-state index contributed by atoms with van der Waals surface area (Å²) in [5.41, 5.74) is 7.01. The van der Waals surface area contributed by atoms with E-state index < -0.39 is 0 Å². The van der Waals surface area contributed by atoms with E-state index in [2.05, 4.69) is 6.92 Å². The van der Waals surface area contributed by atoms with Gasteiger partial charge in [-0.15, -0.1) is 0 Å². The lowest BCUT2D eigenvalue weighted by Crippen LogP contribution is -2.02. The second-order valence-electron chi connectivity index (χ2n) is 3.73. The Hall–Kier alpha value is -1.51. The number of rotatable bonds is 6. The van der Waals surface area contributed by atoms with Crippen LogP contribution in [0.25, 0.3) is 0 Å². The summed E-state index contributed by atoms with van der Waals surface area (Å²) < 4.78 is 5.51. The molecule has 0 bridgehead atoms. The number of hydrogen-bond acceptors (Lipinski definition) is 3. The Bertz CT molecular complexity index is 361. The maximum absolute atomic E-state index is 11.4. The quantitative estimate of drug-likeness (QED) is 0.456. The first-order chi connectivity index (χ1) is 7.69. The molecule has 0 unspecified atom stereocenters. The first-order valence-electron chi connectivity index (χ1n) is 5.74. The van der Waals surface area contributed by atoms with Gasteiger partial charge in [0.15, 0.2) is 5.78 Å². The molecule has 16 heavy (non-hydrogen) atoms. The first kappa shape index (κ1) is 12.6. The molecule has 0 atom stereocenters. The highest BCUT2D eigenvalue weighted by Crippen LogP contribution is 2.23. The van der Waals surface area contributed by atoms with Gasteiger partial charge in [-0.05, 0) is 24.6 Å². The molecule has 3 nitrogen and oxygen atoms in total. The van der Waals surface area contributed by atoms with Gasteiger partial charge in [0.05, 0.1) is 12.3 Å². The average Bonchev–Trinajstić information content (AvgIpc) is 2.30. The molecule has 0 radical (unpaired) electrons. The molecule has 0 saturated carbocycles. The van der Waals surface area contributed by atoms with Crippen LogP contribution in [0, 0.1) is 0 Å². The lowest BCUT2D eigenvalue weighted by atomic mass is 10.1. The molecular formula is C13H19NO2. The van der Waals surface area contributed by atoms with E-state index in [0.29, 0.717) is 30.0 Å². The second-order valence-corrected chi connectivity index (χ2v) is 3.73. The molecule has 0 aromatic heterocycles. The summed E-state index contributed by atoms with van der Waals surface area (Å²) in [5, 5.41) is 0. The summed E-state index contributed by atoms with van der Waals surface area (Å²) in [6.07, 6.45) is 2.59. The van der Waals surface area contributed by atoms with Gasteiger partial charge in [-0.1, -0.05) is 20.3 Å². The largest absolute Gasteiger partial charge is 0.491 e. The fourth-order valence-corrected chi connectivity index (χ4v) is 1.38. The highest BCUT2D eigenvalue weighted by atomic mass is 16.5. The van der Waals surface area contributed by atoms with E-state index in [0.717, 1.165) is 12.8 Å². The number of Topliss-reactive ketones (excluding diaryl/α,β-unsaturated/α-hetero) is 1. The minimum atomic E-state index is 0.104. The van der Waals surface area contributed by atoms with Crippen molar-refractivity contribution in [2.24, 2.45) is 0 Å². The van der Waals surface area contributed by atoms with Gasteiger partial charge in [-0.3, -0.25) is 4.79 Å². The van der Waals surface area contributed by atoms with Gasteiger partial charge in [0.25, 0.3) is 0 Å². The molecule has 0 aliphatic heterocycles. The van der Waals surface area contributed by atoms with Crippen LogP contribution in [0.3, 0.4) is 0 Å². The van der Waals surface area contributed by atoms with E-state index in [1.165, 1.54) is 0 Å². The minimum absolute atomic E-state index is 0.104. The van der Waals surface area contributed by atoms with Crippen LogP contribution in [0.5, 0.6) is 5.75 Å². The number of carbonyl (C=O) groups is 1. The summed E-state index contributed by atoms with van der Waals surface area (Å²) in [4.78, 5) is 11.4. The molecule has 1 aromatic rings. The number of nitrogen functional groups attached to an aromatic ring is 1. The van der Waals surface area contributed by atoms with Gasteiger partial charge in [0.1, 0.15) is 5.75 Å². The first-order valence-corrected chi connectivity index (χ1v) is 5.74. The molecule has 0 heterocycles. The topological polar surface area (TPSA) is 52.3 Å². The Morgan fingerprint density at radius 2 is 2.12 bits per heavy atom. The smallest absolute Gasteiger partial charge is 0.162 e. The van der Waals surface area contributed by atoms with E-state index in [9.17, 15) is 4.79 Å². The van der Waals surface area contributed by atoms with Gasteiger partial charge >= 0.3 is 0 Å². The van der Waals surface area contributed by atoms with Crippen LogP contribution < -0.4 is 10.5 Å². The van der Waals surface area contributed by atoms with Crippen LogP contribution in [-0.4, -0.2) is 12.4 Å². The summed E-state index contributed by atoms with van der Waals surface area (Å²) in [6.45, 7) is 4.61. The minimum Gasteiger partial charge on any atom is -0.491 e. The van der Waals surface area contributed by atoms with E-state index in [1.54, 1.807) is 18.2 Å². The van der Waals surface area contributed by atoms with Gasteiger partial charge in [-0.25, -0.2) is 0 Å². The predicted octanol–water partition coefficient (Wildman–Crippen LogP) is 3.04. The number of ketones is 1. The molecule has 0 aliphatic carbocycles. The Labute approximate surface area is 96.6 Å². The zero-order valence-corrected chi connectivity index (χ0v) is 9.95. The molecule has 3 heteroatoms. The van der Waals surface area contributed by atoms with Crippen LogP contribution in [-0.2, 0) is 0 Å². The Morgan fingerprint density at radius 1 is 1.38 bits per heavy atom. The van der Waals surface area contributed by atoms with Crippen molar-refractivity contribution in [1.29, 1.82) is 0 Å². The number of carbonyl (C=O) groups excluding carboxylic acids is 1. The van der Waals surface area contributed by atoms with E-state index in [4.69, 9.17) is 10.5 Å². The van der Waals surface area contributed by atoms with Crippen molar-refractivity contribution in [3.63, 3.8) is 0 Å². The van der Waals surface area contributed by atoms with Crippen molar-refractivity contribution in [2.45, 2.75) is 33.1 Å². The lowest BCUT2D eigenvalue weighted by molar-refractivity contribution is 0.0988. The van der Waals surface area contributed by atoms with Gasteiger partial charge < -0.3 is 10.5 Å². The summed E-state index contributed by atoms with van der Waals surface area (Å²) in [6, 6.07) is 5.23. The van der Waals surface area contributed by atoms with Crippen molar-refractivity contribution in [3.8, 4) is 5.75 Å². The fraction of sp³-hybridized carbons (Fsp3) is 0.462. The van der Waals surface area contributed by atoms with Crippen LogP contribution in [0.4, 0.5) is 5.69 Å². The van der Waals surface area contributed by atoms with Crippen molar-refractivity contribution in [3.05, 3.63) is 23.8 Å². The normalized spacial score (nSPS) is 10.1. The average molecular weight is 221 g/mol. The molecule has 1 aromatic carbocycles. The Balaban J connectivity index is 2.71. The predicted molar refractivity (Wildman–Crippen MR) is 65.9 cm³/mol. The standard InChI is InChI=1S/C13H19NO2/c1-3-5-8-16-13-7-6-10(9-11(13)14)12(15)4-2/h6-7,9H,3-5,8,14H2,1-2H3. The zero-order valence-electron chi connectivity index (χ0n) is 9.95. The van der Waals surface area contributed by atoms with Crippen LogP contribution in [0.1, 0.15) is 43.5 Å². The molecule has 2 N–H and O–H groups in total. The fourth-order valence-electron chi connectivity index (χ4n) is 1.38. The van der Waals surface area contributed by atoms with Crippen LogP contribution >= 0.6 is 0 Å². The van der Waals surface area contributed by atoms with Crippen molar-refractivity contribution in [1.82, 2.24) is 0 Å². The third-order valence-corrected chi connectivity index (χ3v) is 2.41. The number of unbranched alkanes of at least 4 members (excludes halogenated alkanes) is 1. The second kappa shape index (κ2) is 6.16. The van der Waals surface area contributed by atoms with Gasteiger partial charge in [0, 0.05) is 12.0 Å². The number of ether oxygens (including phenoxy) is 1. The lowest BCUT2D eigenvalue weighted by Gasteiger charge is -2.09. The van der Waals surface area contributed by atoms with Crippen molar-refractivity contribution in [2.75, 3.05) is 12.3 Å². The Morgan fingerprint density at radius 3 is 2.69 bits per heavy atom. The number of nitrogens with two attached hydrogens (primary N) is 1. The van der Waals surface area contributed by atoms with Gasteiger partial charge in [0.2, 0.25) is 0 Å². The summed E-state index contributed by atoms with van der Waals surface area (Å²) >= 11 is 0. The number of anilines is 1. The van der Waals surface area contributed by atoms with Gasteiger partial charge in [-0.2, -0.15) is 0 Å². The van der Waals surface area contributed by atoms with E-state index >= 15 is 0 Å². The van der Waals surface area contributed by atoms with Crippen LogP contribution in [0.15, 0.2) is 18.2 Å². The highest BCUT2D eigenvalue weighted by molar-refractivity contribution is 5.97. The number of benzene rings is 1. The third-order valence-electron chi connectivity index (χ3n) is 2.41. The molecular weight excluding hydrogens is 202 g/mol. The Kier molecular flexibility index (Phi) is 4.83. The third kappa shape index (κ3) is 3.26. The highest BCUT2D eigenvalue weighted by Gasteiger charge is 2.06. The molecule has 0 spiro atoms. The summed E-state index contributed by atoms with van der Waals surface area (Å²) in [5.74, 6) is 0.771. The molecule has 0 aliphatic rings. The van der Waals surface area contributed by atoms with E-state index in [1.807, 2.05) is 6.92 Å². The van der Waals surface area contributed by atoms with Crippen LogP contribution in [0.2, 0.25) is 0 Å². The molecule has 0 saturated heterocycles. The molecule has 0 fully saturated rings. The SMILES string of the molecule is CCCCOc1ccc(C(=O)CC)cc1N. The number of hydrogen-bond donors (Lipinski definition) is 1. The zero-order chi connectivity index (χ0) is 12.0. The maximum Gasteiger partial charge on any atom is 0.162 e. The monoisotopic (exact) mass is 221 g/mol. The van der Waals surface area contributed by atoms with Crippen molar-refractivity contribution >= 4 is 11.5 Å². The molecule has 1 rings (SSSR count). The summed E-state index contributed by atoms with van der Waals surface area (Å²) in [7, 11) is 0. The molecule has 0 amide bonds. The van der Waals surface area contributed by atoms with E-state index in [-0.39, 0.29) is 5.78 Å². The molecule has 88 valence electrons. The van der Waals surface area contributed by atoms with Crippen molar-refractivity contribution < 1.29 is 9.53 Å².